The van der Waals surface area contributed by atoms with Gasteiger partial charge in [-0.25, -0.2) is 8.42 Å². The summed E-state index contributed by atoms with van der Waals surface area (Å²) in [4.78, 5) is 2.24. The van der Waals surface area contributed by atoms with E-state index in [0.29, 0.717) is 18.7 Å². The molecule has 20 heavy (non-hydrogen) atoms. The van der Waals surface area contributed by atoms with Crippen LogP contribution in [0.15, 0.2) is 41.3 Å². The second-order valence-electron chi connectivity index (χ2n) is 5.70. The Morgan fingerprint density at radius 1 is 1.35 bits per heavy atom. The van der Waals surface area contributed by atoms with Crippen molar-refractivity contribution in [3.8, 4) is 0 Å². The van der Waals surface area contributed by atoms with E-state index in [1.54, 1.807) is 19.1 Å². The molecular formula is C15H23NO3S. The van der Waals surface area contributed by atoms with Gasteiger partial charge in [0.05, 0.1) is 10.5 Å². The predicted octanol–water partition coefficient (Wildman–Crippen LogP) is 1.81. The molecule has 112 valence electrons. The summed E-state index contributed by atoms with van der Waals surface area (Å²) in [7, 11) is -1.30. The first-order chi connectivity index (χ1) is 9.02. The zero-order chi connectivity index (χ0) is 15.6. The highest BCUT2D eigenvalue weighted by Crippen LogP contribution is 2.23. The lowest BCUT2D eigenvalue weighted by atomic mass is 9.95. The van der Waals surface area contributed by atoms with Gasteiger partial charge in [0, 0.05) is 19.3 Å². The van der Waals surface area contributed by atoms with Crippen molar-refractivity contribution in [2.24, 2.45) is 0 Å². The van der Waals surface area contributed by atoms with Crippen LogP contribution in [-0.2, 0) is 15.4 Å². The van der Waals surface area contributed by atoms with E-state index in [0.717, 1.165) is 5.57 Å². The molecule has 0 aromatic heterocycles. The Morgan fingerprint density at radius 2 is 1.85 bits per heavy atom. The molecule has 0 saturated heterocycles. The fraction of sp³-hybridized carbons (Fsp3) is 0.467. The molecule has 1 atom stereocenters. The van der Waals surface area contributed by atoms with Gasteiger partial charge in [-0.3, -0.25) is 4.90 Å². The number of hydrogen-bond acceptors (Lipinski definition) is 4. The van der Waals surface area contributed by atoms with Crippen molar-refractivity contribution in [3.63, 3.8) is 0 Å². The highest BCUT2D eigenvalue weighted by Gasteiger charge is 2.25. The van der Waals surface area contributed by atoms with Crippen LogP contribution < -0.4 is 0 Å². The first-order valence-electron chi connectivity index (χ1n) is 6.38. The summed E-state index contributed by atoms with van der Waals surface area (Å²) in [5.74, 6) is 0. The zero-order valence-electron chi connectivity index (χ0n) is 12.5. The third-order valence-electron chi connectivity index (χ3n) is 3.02. The van der Waals surface area contributed by atoms with Crippen LogP contribution in [0.4, 0.5) is 0 Å². The molecule has 0 aliphatic heterocycles. The first-order valence-corrected chi connectivity index (χ1v) is 8.27. The van der Waals surface area contributed by atoms with E-state index in [-0.39, 0.29) is 4.90 Å². The Bertz CT molecular complexity index is 574. The van der Waals surface area contributed by atoms with E-state index in [9.17, 15) is 13.5 Å². The molecule has 1 unspecified atom stereocenters. The molecule has 0 heterocycles. The van der Waals surface area contributed by atoms with E-state index in [2.05, 4.69) is 6.58 Å². The monoisotopic (exact) mass is 297 g/mol. The van der Waals surface area contributed by atoms with Crippen molar-refractivity contribution in [2.75, 3.05) is 26.4 Å². The van der Waals surface area contributed by atoms with Crippen molar-refractivity contribution in [3.05, 3.63) is 42.0 Å². The van der Waals surface area contributed by atoms with E-state index in [4.69, 9.17) is 0 Å². The van der Waals surface area contributed by atoms with Gasteiger partial charge in [-0.1, -0.05) is 24.3 Å². The molecule has 1 aromatic carbocycles. The largest absolute Gasteiger partial charge is 0.384 e. The van der Waals surface area contributed by atoms with Gasteiger partial charge in [0.25, 0.3) is 0 Å². The number of aliphatic hydroxyl groups is 1. The van der Waals surface area contributed by atoms with Gasteiger partial charge in [-0.2, -0.15) is 0 Å². The molecule has 0 radical (unpaired) electrons. The SMILES string of the molecule is C=C(C)CN(C)CC(C)(O)c1ccc(S(C)(=O)=O)cc1. The van der Waals surface area contributed by atoms with Gasteiger partial charge in [-0.05, 0) is 38.6 Å². The fourth-order valence-electron chi connectivity index (χ4n) is 2.19. The fourth-order valence-corrected chi connectivity index (χ4v) is 2.83. The number of nitrogens with zero attached hydrogens (tertiary/aromatic N) is 1. The van der Waals surface area contributed by atoms with Crippen molar-refractivity contribution in [1.29, 1.82) is 0 Å². The van der Waals surface area contributed by atoms with Crippen LogP contribution in [0.3, 0.4) is 0 Å². The van der Waals surface area contributed by atoms with Crippen LogP contribution in [0.2, 0.25) is 0 Å². The number of benzene rings is 1. The molecule has 0 spiro atoms. The minimum atomic E-state index is -3.21. The third kappa shape index (κ3) is 4.74. The Kier molecular flexibility index (Phi) is 5.13. The molecule has 1 rings (SSSR count). The van der Waals surface area contributed by atoms with Gasteiger partial charge in [-0.15, -0.1) is 0 Å². The lowest BCUT2D eigenvalue weighted by molar-refractivity contribution is 0.0258. The van der Waals surface area contributed by atoms with Gasteiger partial charge in [0.2, 0.25) is 0 Å². The first kappa shape index (κ1) is 16.9. The number of likely N-dealkylation sites (N-methyl/N-ethyl adjacent to an activating group) is 1. The topological polar surface area (TPSA) is 57.6 Å². The molecule has 0 saturated carbocycles. The van der Waals surface area contributed by atoms with Gasteiger partial charge in [0.15, 0.2) is 9.84 Å². The second-order valence-corrected chi connectivity index (χ2v) is 7.72. The molecule has 1 aromatic rings. The highest BCUT2D eigenvalue weighted by molar-refractivity contribution is 7.90. The standard InChI is InChI=1S/C15H23NO3S/c1-12(2)10-16(4)11-15(3,17)13-6-8-14(9-7-13)20(5,18)19/h6-9,17H,1,10-11H2,2-5H3. The average molecular weight is 297 g/mol. The van der Waals surface area contributed by atoms with Crippen LogP contribution in [0.25, 0.3) is 0 Å². The van der Waals surface area contributed by atoms with E-state index < -0.39 is 15.4 Å². The van der Waals surface area contributed by atoms with Crippen LogP contribution in [0.5, 0.6) is 0 Å². The zero-order valence-corrected chi connectivity index (χ0v) is 13.4. The maximum absolute atomic E-state index is 11.4. The lowest BCUT2D eigenvalue weighted by Gasteiger charge is -2.29. The number of rotatable bonds is 6. The van der Waals surface area contributed by atoms with E-state index in [1.165, 1.54) is 18.4 Å². The molecular weight excluding hydrogens is 274 g/mol. The Morgan fingerprint density at radius 3 is 2.25 bits per heavy atom. The Labute approximate surface area is 121 Å². The third-order valence-corrected chi connectivity index (χ3v) is 4.15. The molecule has 0 amide bonds. The Hall–Kier alpha value is -1.17. The Balaban J connectivity index is 2.90. The van der Waals surface area contributed by atoms with E-state index in [1.807, 2.05) is 18.9 Å². The normalized spacial score (nSPS) is 15.1. The van der Waals surface area contributed by atoms with Crippen LogP contribution in [0.1, 0.15) is 19.4 Å². The summed E-state index contributed by atoms with van der Waals surface area (Å²) >= 11 is 0. The van der Waals surface area contributed by atoms with Crippen molar-refractivity contribution >= 4 is 9.84 Å². The smallest absolute Gasteiger partial charge is 0.175 e. The van der Waals surface area contributed by atoms with Crippen molar-refractivity contribution in [2.45, 2.75) is 24.3 Å². The summed E-state index contributed by atoms with van der Waals surface area (Å²) in [5.41, 5.74) is 0.675. The molecule has 0 fully saturated rings. The lowest BCUT2D eigenvalue weighted by Crippen LogP contribution is -2.37. The van der Waals surface area contributed by atoms with Crippen LogP contribution in [-0.4, -0.2) is 44.8 Å². The van der Waals surface area contributed by atoms with E-state index >= 15 is 0 Å². The highest BCUT2D eigenvalue weighted by atomic mass is 32.2. The van der Waals surface area contributed by atoms with Gasteiger partial charge in [0.1, 0.15) is 0 Å². The summed E-state index contributed by atoms with van der Waals surface area (Å²) in [6.07, 6.45) is 1.17. The number of sulfone groups is 1. The van der Waals surface area contributed by atoms with Gasteiger partial charge < -0.3 is 5.11 Å². The maximum Gasteiger partial charge on any atom is 0.175 e. The summed E-state index contributed by atoms with van der Waals surface area (Å²) < 4.78 is 22.8. The van der Waals surface area contributed by atoms with Crippen molar-refractivity contribution in [1.82, 2.24) is 4.90 Å². The maximum atomic E-state index is 11.4. The number of hydrogen-bond donors (Lipinski definition) is 1. The quantitative estimate of drug-likeness (QED) is 0.814. The van der Waals surface area contributed by atoms with Gasteiger partial charge >= 0.3 is 0 Å². The minimum absolute atomic E-state index is 0.257. The predicted molar refractivity (Wildman–Crippen MR) is 81.4 cm³/mol. The molecule has 0 aliphatic rings. The van der Waals surface area contributed by atoms with Crippen LogP contribution >= 0.6 is 0 Å². The summed E-state index contributed by atoms with van der Waals surface area (Å²) in [6.45, 7) is 8.65. The second kappa shape index (κ2) is 6.08. The minimum Gasteiger partial charge on any atom is -0.384 e. The molecule has 0 aliphatic carbocycles. The molecule has 0 bridgehead atoms. The molecule has 4 nitrogen and oxygen atoms in total. The van der Waals surface area contributed by atoms with Crippen LogP contribution in [0, 0.1) is 0 Å². The molecule has 5 heteroatoms. The molecule has 1 N–H and O–H groups in total. The average Bonchev–Trinajstić information content (AvgIpc) is 2.26. The summed E-state index contributed by atoms with van der Waals surface area (Å²) in [5, 5.41) is 10.5. The summed E-state index contributed by atoms with van der Waals surface area (Å²) in [6, 6.07) is 6.37. The van der Waals surface area contributed by atoms with Crippen molar-refractivity contribution < 1.29 is 13.5 Å².